The van der Waals surface area contributed by atoms with Crippen LogP contribution in [0, 0.1) is 0 Å². The third kappa shape index (κ3) is 24.0. The molecule has 0 aliphatic rings. The molecule has 5 aromatic rings. The molecular formula is C36H37Cl7N6O6S. The van der Waals surface area contributed by atoms with Crippen molar-refractivity contribution in [2.45, 2.75) is 20.8 Å². The molecular weight excluding hydrogens is 893 g/mol. The molecule has 56 heavy (non-hydrogen) atoms. The molecule has 0 radical (unpaired) electrons. The molecule has 0 atom stereocenters. The predicted octanol–water partition coefficient (Wildman–Crippen LogP) is 10.8. The van der Waals surface area contributed by atoms with Gasteiger partial charge in [-0.15, -0.1) is 0 Å². The molecule has 3 aromatic heterocycles. The van der Waals surface area contributed by atoms with Gasteiger partial charge in [0.05, 0.1) is 16.7 Å². The zero-order valence-electron chi connectivity index (χ0n) is 29.9. The lowest BCUT2D eigenvalue weighted by molar-refractivity contribution is 0.0685. The highest BCUT2D eigenvalue weighted by Gasteiger charge is 2.11. The third-order valence-corrected chi connectivity index (χ3v) is 7.63. The van der Waals surface area contributed by atoms with Gasteiger partial charge in [-0.3, -0.25) is 4.79 Å². The SMILES string of the molecule is CCN(CC)CC.Nc1cccc(Cl)c1.O=C(Nc1cccc(Cl)c1)c1cccnc1Cl.O=C(O)c1cccnc1Cl.O=C(O)c1cccnc1Cl.O=S(Cl)Cl. The van der Waals surface area contributed by atoms with Crippen molar-refractivity contribution in [1.29, 1.82) is 0 Å². The molecule has 0 bridgehead atoms. The zero-order valence-corrected chi connectivity index (χ0v) is 36.0. The number of nitrogens with two attached hydrogens (primary N) is 1. The summed E-state index contributed by atoms with van der Waals surface area (Å²) >= 11 is 28.1. The number of anilines is 2. The molecule has 0 unspecified atom stereocenters. The molecule has 0 fully saturated rings. The number of carbonyl (C=O) groups is 3. The lowest BCUT2D eigenvalue weighted by atomic mass is 10.2. The molecule has 0 aliphatic carbocycles. The number of benzene rings is 2. The van der Waals surface area contributed by atoms with Crippen LogP contribution in [-0.2, 0) is 9.23 Å². The number of halogens is 7. The number of rotatable bonds is 7. The number of pyridine rings is 3. The second-order valence-electron chi connectivity index (χ2n) is 9.96. The van der Waals surface area contributed by atoms with Gasteiger partial charge in [-0.25, -0.2) is 28.7 Å². The van der Waals surface area contributed by atoms with E-state index in [1.54, 1.807) is 54.6 Å². The molecule has 0 spiro atoms. The summed E-state index contributed by atoms with van der Waals surface area (Å²) in [5.74, 6) is -2.43. The van der Waals surface area contributed by atoms with Crippen LogP contribution in [0.4, 0.5) is 11.4 Å². The normalized spacial score (nSPS) is 9.57. The summed E-state index contributed by atoms with van der Waals surface area (Å²) in [7, 11) is 7.36. The van der Waals surface area contributed by atoms with Crippen LogP contribution < -0.4 is 11.1 Å². The van der Waals surface area contributed by atoms with E-state index in [0.29, 0.717) is 27.0 Å². The van der Waals surface area contributed by atoms with Crippen LogP contribution >= 0.6 is 79.4 Å². The van der Waals surface area contributed by atoms with Gasteiger partial charge in [0.15, 0.2) is 0 Å². The van der Waals surface area contributed by atoms with Gasteiger partial charge in [-0.1, -0.05) is 90.9 Å². The predicted molar refractivity (Wildman–Crippen MR) is 230 cm³/mol. The first-order valence-corrected chi connectivity index (χ1v) is 20.5. The highest BCUT2D eigenvalue weighted by Crippen LogP contribution is 2.18. The average molecular weight is 930 g/mol. The lowest BCUT2D eigenvalue weighted by Gasteiger charge is -2.13. The fourth-order valence-corrected chi connectivity index (χ4v) is 4.58. The van der Waals surface area contributed by atoms with Crippen molar-refractivity contribution in [2.75, 3.05) is 30.7 Å². The Kier molecular flexibility index (Phi) is 28.3. The lowest BCUT2D eigenvalue weighted by Crippen LogP contribution is -2.21. The maximum Gasteiger partial charge on any atom is 0.338 e. The molecule has 302 valence electrons. The highest BCUT2D eigenvalue weighted by molar-refractivity contribution is 8.26. The van der Waals surface area contributed by atoms with E-state index in [4.69, 9.17) is 78.2 Å². The number of aromatic carboxylic acids is 2. The summed E-state index contributed by atoms with van der Waals surface area (Å²) in [6, 6.07) is 23.1. The first-order chi connectivity index (χ1) is 26.5. The second kappa shape index (κ2) is 30.4. The second-order valence-corrected chi connectivity index (χ2v) is 14.4. The van der Waals surface area contributed by atoms with Gasteiger partial charge in [0.25, 0.3) is 5.91 Å². The van der Waals surface area contributed by atoms with Gasteiger partial charge < -0.3 is 26.2 Å². The van der Waals surface area contributed by atoms with E-state index in [1.165, 1.54) is 62.5 Å². The Morgan fingerprint density at radius 2 is 1.02 bits per heavy atom. The number of hydrogen-bond donors (Lipinski definition) is 4. The summed E-state index contributed by atoms with van der Waals surface area (Å²) < 4.78 is 9.09. The maximum absolute atomic E-state index is 11.9. The quantitative estimate of drug-likeness (QED) is 0.0690. The summed E-state index contributed by atoms with van der Waals surface area (Å²) in [6.45, 7) is 10.1. The number of nitrogens with zero attached hydrogens (tertiary/aromatic N) is 4. The van der Waals surface area contributed by atoms with Crippen molar-refractivity contribution < 1.29 is 28.8 Å². The third-order valence-electron chi connectivity index (χ3n) is 6.26. The highest BCUT2D eigenvalue weighted by atomic mass is 36.0. The van der Waals surface area contributed by atoms with Gasteiger partial charge in [-0.05, 0) is 92.4 Å². The van der Waals surface area contributed by atoms with Crippen molar-refractivity contribution in [3.05, 3.63) is 146 Å². The number of nitrogen functional groups attached to an aromatic ring is 1. The van der Waals surface area contributed by atoms with Crippen LogP contribution in [0.15, 0.2) is 104 Å². The maximum atomic E-state index is 11.9. The first kappa shape index (κ1) is 52.2. The Hall–Kier alpha value is -3.76. The minimum atomic E-state index is -1.67. The average Bonchev–Trinajstić information content (AvgIpc) is 3.13. The van der Waals surface area contributed by atoms with E-state index in [1.807, 2.05) is 6.07 Å². The number of carbonyl (C=O) groups excluding carboxylic acids is 1. The van der Waals surface area contributed by atoms with Gasteiger partial charge >= 0.3 is 11.9 Å². The van der Waals surface area contributed by atoms with Crippen molar-refractivity contribution >= 4 is 118 Å². The van der Waals surface area contributed by atoms with E-state index in [-0.39, 0.29) is 32.5 Å². The molecule has 3 heterocycles. The molecule has 5 N–H and O–H groups in total. The monoisotopic (exact) mass is 926 g/mol. The fourth-order valence-electron chi connectivity index (χ4n) is 3.59. The van der Waals surface area contributed by atoms with Crippen LogP contribution in [0.5, 0.6) is 0 Å². The Bertz CT molecular complexity index is 1900. The van der Waals surface area contributed by atoms with Gasteiger partial charge in [0.1, 0.15) is 15.5 Å². The minimum absolute atomic E-state index is 0.0231. The number of hydrogen-bond acceptors (Lipinski definition) is 9. The van der Waals surface area contributed by atoms with Gasteiger partial charge in [0.2, 0.25) is 9.23 Å². The number of amides is 1. The van der Waals surface area contributed by atoms with Crippen molar-refractivity contribution in [2.24, 2.45) is 0 Å². The molecule has 2 aromatic carbocycles. The van der Waals surface area contributed by atoms with Crippen molar-refractivity contribution in [3.8, 4) is 0 Å². The van der Waals surface area contributed by atoms with Crippen LogP contribution in [-0.4, -0.2) is 71.8 Å². The molecule has 12 nitrogen and oxygen atoms in total. The molecule has 20 heteroatoms. The molecule has 1 amide bonds. The molecule has 0 saturated carbocycles. The van der Waals surface area contributed by atoms with Gasteiger partial charge in [0, 0.05) is 61.4 Å². The Morgan fingerprint density at radius 3 is 1.29 bits per heavy atom. The van der Waals surface area contributed by atoms with Crippen LogP contribution in [0.25, 0.3) is 0 Å². The Morgan fingerprint density at radius 1 is 0.643 bits per heavy atom. The van der Waals surface area contributed by atoms with Gasteiger partial charge in [-0.2, -0.15) is 0 Å². The van der Waals surface area contributed by atoms with E-state index in [0.717, 1.165) is 0 Å². The first-order valence-electron chi connectivity index (χ1n) is 15.8. The molecule has 5 rings (SSSR count). The number of nitrogens with one attached hydrogen (secondary N) is 1. The van der Waals surface area contributed by atoms with Crippen LogP contribution in [0.3, 0.4) is 0 Å². The van der Waals surface area contributed by atoms with Crippen molar-refractivity contribution in [1.82, 2.24) is 19.9 Å². The largest absolute Gasteiger partial charge is 0.478 e. The molecule has 0 aliphatic heterocycles. The topological polar surface area (TPSA) is 189 Å². The summed E-state index contributed by atoms with van der Waals surface area (Å²) in [5, 5.41) is 21.0. The summed E-state index contributed by atoms with van der Waals surface area (Å²) in [6.07, 6.45) is 4.40. The summed E-state index contributed by atoms with van der Waals surface area (Å²) in [4.78, 5) is 45.8. The fraction of sp³-hybridized carbons (Fsp3) is 0.167. The summed E-state index contributed by atoms with van der Waals surface area (Å²) in [5.41, 5.74) is 7.08. The standard InChI is InChI=1S/C12H8Cl2N2O.2C6H4ClNO2.C6H6ClN.C6H15N.Cl2OS/c13-8-3-1-4-9(7-8)16-12(17)10-5-2-6-15-11(10)14;2*7-5-4(6(9)10)2-1-3-8-5;7-5-2-1-3-6(8)4-5;1-4-7(5-2)6-3;1-4(2)3/h1-7H,(H,16,17);2*1-3H,(H,9,10);1-4H,8H2;4-6H2,1-3H3;. The minimum Gasteiger partial charge on any atom is -0.478 e. The van der Waals surface area contributed by atoms with Crippen LogP contribution in [0.1, 0.15) is 51.8 Å². The van der Waals surface area contributed by atoms with E-state index in [2.05, 4.69) is 67.3 Å². The smallest absolute Gasteiger partial charge is 0.338 e. The Labute approximate surface area is 361 Å². The number of carboxylic acids is 2. The zero-order chi connectivity index (χ0) is 42.6. The van der Waals surface area contributed by atoms with E-state index >= 15 is 0 Å². The van der Waals surface area contributed by atoms with Crippen LogP contribution in [0.2, 0.25) is 25.5 Å². The van der Waals surface area contributed by atoms with E-state index in [9.17, 15) is 14.4 Å². The number of carboxylic acid groups (broad SMARTS) is 2. The van der Waals surface area contributed by atoms with Crippen molar-refractivity contribution in [3.63, 3.8) is 0 Å². The number of aromatic nitrogens is 3. The van der Waals surface area contributed by atoms with E-state index < -0.39 is 21.2 Å². The Balaban J connectivity index is 0.000000684. The molecule has 0 saturated heterocycles.